The quantitative estimate of drug-likeness (QED) is 0.428. The normalized spacial score (nSPS) is 10.6. The van der Waals surface area contributed by atoms with E-state index in [0.29, 0.717) is 38.0 Å². The van der Waals surface area contributed by atoms with E-state index in [1.54, 1.807) is 25.1 Å². The maximum atomic E-state index is 11.1. The van der Waals surface area contributed by atoms with Crippen LogP contribution in [0.25, 0.3) is 0 Å². The molecule has 0 aliphatic heterocycles. The number of ether oxygens (including phenoxy) is 2. The lowest BCUT2D eigenvalue weighted by atomic mass is 10.2. The van der Waals surface area contributed by atoms with E-state index in [2.05, 4.69) is 19.2 Å². The summed E-state index contributed by atoms with van der Waals surface area (Å²) < 4.78 is 10.7. The molecule has 0 saturated heterocycles. The molecule has 6 heteroatoms. The average Bonchev–Trinajstić information content (AvgIpc) is 2.38. The minimum atomic E-state index is -0.428. The summed E-state index contributed by atoms with van der Waals surface area (Å²) in [6.07, 6.45) is 0. The first-order chi connectivity index (χ1) is 9.56. The SMILES string of the molecule is CCOc1cccc(NCCOCC(C)C)c1[N+](=O)[O-]. The topological polar surface area (TPSA) is 73.6 Å². The number of rotatable bonds is 9. The zero-order valence-electron chi connectivity index (χ0n) is 12.2. The van der Waals surface area contributed by atoms with Gasteiger partial charge in [-0.1, -0.05) is 19.9 Å². The van der Waals surface area contributed by atoms with Crippen LogP contribution >= 0.6 is 0 Å². The minimum Gasteiger partial charge on any atom is -0.487 e. The Kier molecular flexibility index (Phi) is 6.79. The molecule has 0 saturated carbocycles. The van der Waals surface area contributed by atoms with Crippen molar-refractivity contribution in [3.8, 4) is 5.75 Å². The highest BCUT2D eigenvalue weighted by atomic mass is 16.6. The van der Waals surface area contributed by atoms with Gasteiger partial charge in [0.1, 0.15) is 5.69 Å². The van der Waals surface area contributed by atoms with Gasteiger partial charge < -0.3 is 14.8 Å². The predicted octanol–water partition coefficient (Wildman–Crippen LogP) is 3.08. The van der Waals surface area contributed by atoms with Crippen molar-refractivity contribution in [2.45, 2.75) is 20.8 Å². The molecule has 1 aromatic rings. The van der Waals surface area contributed by atoms with Crippen molar-refractivity contribution in [1.29, 1.82) is 0 Å². The molecule has 1 aromatic carbocycles. The van der Waals surface area contributed by atoms with Crippen LogP contribution in [0.1, 0.15) is 20.8 Å². The van der Waals surface area contributed by atoms with E-state index < -0.39 is 4.92 Å². The number of hydrogen-bond donors (Lipinski definition) is 1. The lowest BCUT2D eigenvalue weighted by Gasteiger charge is -2.11. The molecular weight excluding hydrogens is 260 g/mol. The number of nitrogens with zero attached hydrogens (tertiary/aromatic N) is 1. The molecular formula is C14H22N2O4. The summed E-state index contributed by atoms with van der Waals surface area (Å²) in [5.41, 5.74) is 0.423. The van der Waals surface area contributed by atoms with Gasteiger partial charge in [-0.2, -0.15) is 0 Å². The first-order valence-corrected chi connectivity index (χ1v) is 6.78. The smallest absolute Gasteiger partial charge is 0.333 e. The number of anilines is 1. The fourth-order valence-corrected chi connectivity index (χ4v) is 1.70. The summed E-state index contributed by atoms with van der Waals surface area (Å²) >= 11 is 0. The summed E-state index contributed by atoms with van der Waals surface area (Å²) in [4.78, 5) is 10.7. The van der Waals surface area contributed by atoms with Gasteiger partial charge in [-0.3, -0.25) is 10.1 Å². The molecule has 0 atom stereocenters. The lowest BCUT2D eigenvalue weighted by Crippen LogP contribution is -2.13. The highest BCUT2D eigenvalue weighted by Crippen LogP contribution is 2.34. The Balaban J connectivity index is 2.64. The number of nitrogens with one attached hydrogen (secondary N) is 1. The van der Waals surface area contributed by atoms with Crippen LogP contribution in [0.15, 0.2) is 18.2 Å². The van der Waals surface area contributed by atoms with Gasteiger partial charge in [0, 0.05) is 13.2 Å². The summed E-state index contributed by atoms with van der Waals surface area (Å²) in [5, 5.41) is 14.2. The molecule has 0 bridgehead atoms. The largest absolute Gasteiger partial charge is 0.487 e. The van der Waals surface area contributed by atoms with E-state index in [9.17, 15) is 10.1 Å². The van der Waals surface area contributed by atoms with E-state index in [-0.39, 0.29) is 11.4 Å². The first-order valence-electron chi connectivity index (χ1n) is 6.78. The molecule has 1 rings (SSSR count). The third kappa shape index (κ3) is 5.05. The van der Waals surface area contributed by atoms with Crippen molar-refractivity contribution in [2.24, 2.45) is 5.92 Å². The number of nitro benzene ring substituents is 1. The maximum Gasteiger partial charge on any atom is 0.333 e. The molecule has 1 N–H and O–H groups in total. The third-order valence-corrected chi connectivity index (χ3v) is 2.49. The van der Waals surface area contributed by atoms with E-state index in [0.717, 1.165) is 0 Å². The van der Waals surface area contributed by atoms with Gasteiger partial charge in [-0.25, -0.2) is 0 Å². The standard InChI is InChI=1S/C14H22N2O4/c1-4-20-13-7-5-6-12(14(13)16(17)18)15-8-9-19-10-11(2)3/h5-7,11,15H,4,8-10H2,1-3H3. The molecule has 112 valence electrons. The van der Waals surface area contributed by atoms with Crippen molar-refractivity contribution in [3.63, 3.8) is 0 Å². The van der Waals surface area contributed by atoms with E-state index in [1.807, 2.05) is 0 Å². The molecule has 0 fully saturated rings. The van der Waals surface area contributed by atoms with Crippen LogP contribution in [0, 0.1) is 16.0 Å². The number of para-hydroxylation sites is 1. The molecule has 0 aliphatic carbocycles. The van der Waals surface area contributed by atoms with E-state index >= 15 is 0 Å². The van der Waals surface area contributed by atoms with Crippen molar-refractivity contribution >= 4 is 11.4 Å². The highest BCUT2D eigenvalue weighted by Gasteiger charge is 2.20. The number of hydrogen-bond acceptors (Lipinski definition) is 5. The summed E-state index contributed by atoms with van der Waals surface area (Å²) in [5.74, 6) is 0.760. The summed E-state index contributed by atoms with van der Waals surface area (Å²) in [7, 11) is 0. The highest BCUT2D eigenvalue weighted by molar-refractivity contribution is 5.68. The van der Waals surface area contributed by atoms with Gasteiger partial charge in [0.2, 0.25) is 0 Å². The van der Waals surface area contributed by atoms with Gasteiger partial charge in [0.25, 0.3) is 0 Å². The second-order valence-electron chi connectivity index (χ2n) is 4.74. The zero-order chi connectivity index (χ0) is 15.0. The first kappa shape index (κ1) is 16.2. The van der Waals surface area contributed by atoms with Crippen molar-refractivity contribution < 1.29 is 14.4 Å². The van der Waals surface area contributed by atoms with Gasteiger partial charge in [0.15, 0.2) is 5.75 Å². The van der Waals surface area contributed by atoms with Crippen LogP contribution in [0.2, 0.25) is 0 Å². The van der Waals surface area contributed by atoms with Crippen molar-refractivity contribution in [3.05, 3.63) is 28.3 Å². The molecule has 6 nitrogen and oxygen atoms in total. The Labute approximate surface area is 119 Å². The molecule has 0 unspecified atom stereocenters. The molecule has 0 aromatic heterocycles. The minimum absolute atomic E-state index is 0.0294. The van der Waals surface area contributed by atoms with Gasteiger partial charge in [-0.15, -0.1) is 0 Å². The maximum absolute atomic E-state index is 11.1. The van der Waals surface area contributed by atoms with Crippen LogP contribution in [-0.2, 0) is 4.74 Å². The third-order valence-electron chi connectivity index (χ3n) is 2.49. The Bertz CT molecular complexity index is 435. The van der Waals surface area contributed by atoms with Gasteiger partial charge >= 0.3 is 5.69 Å². The fraction of sp³-hybridized carbons (Fsp3) is 0.571. The Morgan fingerprint density at radius 3 is 2.75 bits per heavy atom. The fourth-order valence-electron chi connectivity index (χ4n) is 1.70. The average molecular weight is 282 g/mol. The monoisotopic (exact) mass is 282 g/mol. The van der Waals surface area contributed by atoms with Crippen LogP contribution in [0.5, 0.6) is 5.75 Å². The Hall–Kier alpha value is -1.82. The van der Waals surface area contributed by atoms with E-state index in [1.165, 1.54) is 0 Å². The molecule has 0 radical (unpaired) electrons. The van der Waals surface area contributed by atoms with Crippen LogP contribution in [0.3, 0.4) is 0 Å². The number of nitro groups is 1. The Morgan fingerprint density at radius 2 is 2.15 bits per heavy atom. The Morgan fingerprint density at radius 1 is 1.40 bits per heavy atom. The molecule has 0 spiro atoms. The predicted molar refractivity (Wildman–Crippen MR) is 78.4 cm³/mol. The van der Waals surface area contributed by atoms with Crippen molar-refractivity contribution in [1.82, 2.24) is 0 Å². The summed E-state index contributed by atoms with van der Waals surface area (Å²) in [6.45, 7) is 8.04. The van der Waals surface area contributed by atoms with Gasteiger partial charge in [-0.05, 0) is 25.0 Å². The van der Waals surface area contributed by atoms with E-state index in [4.69, 9.17) is 9.47 Å². The van der Waals surface area contributed by atoms with Gasteiger partial charge in [0.05, 0.1) is 18.1 Å². The molecule has 0 aliphatic rings. The molecule has 20 heavy (non-hydrogen) atoms. The lowest BCUT2D eigenvalue weighted by molar-refractivity contribution is -0.384. The summed E-state index contributed by atoms with van der Waals surface area (Å²) in [6, 6.07) is 5.00. The second kappa shape index (κ2) is 8.37. The number of benzene rings is 1. The van der Waals surface area contributed by atoms with Crippen molar-refractivity contribution in [2.75, 3.05) is 31.7 Å². The molecule has 0 heterocycles. The van der Waals surface area contributed by atoms with Crippen LogP contribution < -0.4 is 10.1 Å². The molecule has 0 amide bonds. The van der Waals surface area contributed by atoms with Crippen LogP contribution in [-0.4, -0.2) is 31.3 Å². The zero-order valence-corrected chi connectivity index (χ0v) is 12.2. The van der Waals surface area contributed by atoms with Crippen LogP contribution in [0.4, 0.5) is 11.4 Å². The second-order valence-corrected chi connectivity index (χ2v) is 4.74.